The van der Waals surface area contributed by atoms with E-state index in [9.17, 15) is 25.3 Å². The van der Waals surface area contributed by atoms with Gasteiger partial charge in [-0.2, -0.15) is 0 Å². The highest BCUT2D eigenvalue weighted by molar-refractivity contribution is 7.89. The van der Waals surface area contributed by atoms with Crippen LogP contribution in [0.25, 0.3) is 23.3 Å². The number of aromatic nitrogens is 2. The summed E-state index contributed by atoms with van der Waals surface area (Å²) in [4.78, 5) is 9.67. The normalized spacial score (nSPS) is 20.0. The molecule has 64 heavy (non-hydrogen) atoms. The van der Waals surface area contributed by atoms with Crippen LogP contribution in [0.4, 0.5) is 0 Å². The molecule has 8 rings (SSSR count). The van der Waals surface area contributed by atoms with Gasteiger partial charge in [0.15, 0.2) is 0 Å². The third-order valence-corrected chi connectivity index (χ3v) is 16.7. The molecule has 0 saturated carbocycles. The zero-order chi connectivity index (χ0) is 45.8. The maximum absolute atomic E-state index is 12.0. The molecule has 12 nitrogen and oxygen atoms in total. The van der Waals surface area contributed by atoms with E-state index >= 15 is 0 Å². The molecule has 4 aliphatic rings. The summed E-state index contributed by atoms with van der Waals surface area (Å²) in [6.45, 7) is 3.12. The number of hydrogen-bond donors (Lipinski definition) is 2. The smallest absolute Gasteiger partial charge is 0.211 e. The number of piperidine rings is 2. The van der Waals surface area contributed by atoms with Crippen molar-refractivity contribution in [1.29, 1.82) is 0 Å². The van der Waals surface area contributed by atoms with Crippen LogP contribution in [0.3, 0.4) is 0 Å². The van der Waals surface area contributed by atoms with E-state index in [2.05, 4.69) is 41.1 Å². The van der Waals surface area contributed by atoms with E-state index in [0.29, 0.717) is 68.1 Å². The first kappa shape index (κ1) is 48.4. The van der Waals surface area contributed by atoms with Crippen LogP contribution in [0, 0.1) is 11.8 Å². The van der Waals surface area contributed by atoms with Crippen LogP contribution < -0.4 is 10.5 Å². The highest BCUT2D eigenvalue weighted by Gasteiger charge is 2.37. The zero-order valence-corrected chi connectivity index (χ0v) is 40.5. The number of sulfonamides is 3. The van der Waals surface area contributed by atoms with Gasteiger partial charge in [0.25, 0.3) is 0 Å². The van der Waals surface area contributed by atoms with Gasteiger partial charge in [-0.05, 0) is 151 Å². The van der Waals surface area contributed by atoms with Crippen LogP contribution in [0.1, 0.15) is 108 Å². The molecule has 4 heterocycles. The maximum atomic E-state index is 12.0. The van der Waals surface area contributed by atoms with Crippen LogP contribution >= 0.6 is 23.2 Å². The number of allylic oxidation sites excluding steroid dienone is 2. The lowest BCUT2D eigenvalue weighted by Gasteiger charge is -2.35. The van der Waals surface area contributed by atoms with E-state index in [1.54, 1.807) is 14.8 Å². The van der Waals surface area contributed by atoms with E-state index in [0.717, 1.165) is 84.0 Å². The number of hydrogen-bond acceptors (Lipinski definition) is 9. The first-order chi connectivity index (χ1) is 30.4. The molecule has 2 atom stereocenters. The third-order valence-electron chi connectivity index (χ3n) is 12.9. The molecule has 0 spiro atoms. The Bertz CT molecular complexity index is 2730. The standard InChI is InChI=1S/C24H30ClN3O4S2.C23H28ClN3O2S/c1-33(29,30)27-12-3-5-18-15-19-16-20(25)7-8-21(19)23(24-22(18)6-4-11-26-24)17-9-13-28(14-10-17)34(2,31)32;1-30(28,29)27-12-8-16(9-13-27)22-20-7-6-19(24)15-18(20)14-17(4-2-10-25)21-5-3-11-26-23(21)22/h4,6-8,11,15-17,23,27H,3,5,9-10,12-14H2,1-2H3;3,5-7,11,14-16,22H,2,4,8-10,12-13,25H2,1H3. The monoisotopic (exact) mass is 968 g/mol. The predicted molar refractivity (Wildman–Crippen MR) is 259 cm³/mol. The van der Waals surface area contributed by atoms with Gasteiger partial charge in [0, 0.05) is 67.0 Å². The minimum absolute atomic E-state index is 0.0214. The zero-order valence-electron chi connectivity index (χ0n) is 36.6. The van der Waals surface area contributed by atoms with Crippen molar-refractivity contribution in [3.05, 3.63) is 128 Å². The second-order valence-corrected chi connectivity index (χ2v) is 24.0. The summed E-state index contributed by atoms with van der Waals surface area (Å²) in [5.41, 5.74) is 17.0. The summed E-state index contributed by atoms with van der Waals surface area (Å²) in [5.74, 6) is 0.694. The summed E-state index contributed by atoms with van der Waals surface area (Å²) >= 11 is 12.7. The Morgan fingerprint density at radius 3 is 1.45 bits per heavy atom. The van der Waals surface area contributed by atoms with Crippen LogP contribution in [-0.4, -0.2) is 102 Å². The van der Waals surface area contributed by atoms with E-state index in [1.807, 2.05) is 42.6 Å². The second kappa shape index (κ2) is 20.6. The van der Waals surface area contributed by atoms with E-state index in [-0.39, 0.29) is 17.8 Å². The lowest BCUT2D eigenvalue weighted by Crippen LogP contribution is -2.39. The van der Waals surface area contributed by atoms with Gasteiger partial charge >= 0.3 is 0 Å². The molecule has 2 aliphatic heterocycles. The highest BCUT2D eigenvalue weighted by Crippen LogP contribution is 2.47. The molecule has 0 bridgehead atoms. The number of nitrogens with zero attached hydrogens (tertiary/aromatic N) is 4. The van der Waals surface area contributed by atoms with Gasteiger partial charge in [-0.25, -0.2) is 38.6 Å². The number of halogens is 2. The lowest BCUT2D eigenvalue weighted by molar-refractivity contribution is 0.256. The van der Waals surface area contributed by atoms with Crippen molar-refractivity contribution in [2.45, 2.75) is 63.2 Å². The summed E-state index contributed by atoms with van der Waals surface area (Å²) in [7, 11) is -9.59. The van der Waals surface area contributed by atoms with Crippen LogP contribution in [-0.2, 0) is 30.1 Å². The predicted octanol–water partition coefficient (Wildman–Crippen LogP) is 7.85. The largest absolute Gasteiger partial charge is 0.330 e. The van der Waals surface area contributed by atoms with Gasteiger partial charge in [0.05, 0.1) is 30.2 Å². The van der Waals surface area contributed by atoms with Crippen LogP contribution in [0.2, 0.25) is 10.0 Å². The average molecular weight is 970 g/mol. The van der Waals surface area contributed by atoms with Gasteiger partial charge in [0.1, 0.15) is 0 Å². The van der Waals surface area contributed by atoms with Crippen molar-refractivity contribution >= 4 is 76.6 Å². The third kappa shape index (κ3) is 11.7. The molecular weight excluding hydrogens is 912 g/mol. The molecule has 2 aromatic heterocycles. The van der Waals surface area contributed by atoms with E-state index in [1.165, 1.54) is 29.2 Å². The van der Waals surface area contributed by atoms with Gasteiger partial charge in [-0.3, -0.25) is 9.97 Å². The molecule has 3 N–H and O–H groups in total. The number of pyridine rings is 2. The summed E-state index contributed by atoms with van der Waals surface area (Å²) < 4.78 is 76.6. The Labute approximate surface area is 389 Å². The number of nitrogens with one attached hydrogen (secondary N) is 1. The van der Waals surface area contributed by atoms with Crippen molar-refractivity contribution in [2.24, 2.45) is 17.6 Å². The van der Waals surface area contributed by atoms with Crippen molar-refractivity contribution in [3.63, 3.8) is 0 Å². The molecule has 2 fully saturated rings. The first-order valence-electron chi connectivity index (χ1n) is 21.9. The Balaban J connectivity index is 0.000000193. The number of fused-ring (bicyclic) bond motifs is 4. The Morgan fingerprint density at radius 1 is 0.641 bits per heavy atom. The Hall–Kier alpha value is -3.51. The van der Waals surface area contributed by atoms with Crippen LogP contribution in [0.15, 0.2) is 73.1 Å². The number of benzene rings is 2. The number of rotatable bonds is 12. The second-order valence-electron chi connectivity index (χ2n) is 17.4. The van der Waals surface area contributed by atoms with Gasteiger partial charge in [-0.15, -0.1) is 0 Å². The summed E-state index contributed by atoms with van der Waals surface area (Å²) in [6, 6.07) is 20.2. The summed E-state index contributed by atoms with van der Waals surface area (Å²) in [6.07, 6.45) is 18.0. The van der Waals surface area contributed by atoms with E-state index < -0.39 is 30.1 Å². The molecule has 0 amide bonds. The molecule has 2 aliphatic carbocycles. The molecular formula is C47H58Cl2N6O6S3. The van der Waals surface area contributed by atoms with Gasteiger partial charge < -0.3 is 5.73 Å². The molecule has 17 heteroatoms. The highest BCUT2D eigenvalue weighted by atomic mass is 35.5. The maximum Gasteiger partial charge on any atom is 0.211 e. The SMILES string of the molecule is CS(=O)(=O)N1CCC(C2c3ccc(Cl)cc3C=C(CCCN)c3cccnc32)CC1.CS(=O)(=O)NCCCC1=Cc2cc(Cl)ccc2C(C2CCN(S(C)(=O)=O)CC2)c2ncccc21. The fraction of sp³-hybridized carbons (Fsp3) is 0.447. The molecule has 344 valence electrons. The molecule has 2 saturated heterocycles. The van der Waals surface area contributed by atoms with Crippen molar-refractivity contribution in [2.75, 3.05) is 58.0 Å². The molecule has 0 radical (unpaired) electrons. The number of nitrogens with two attached hydrogens (primary N) is 1. The molecule has 2 aromatic carbocycles. The summed E-state index contributed by atoms with van der Waals surface area (Å²) in [5, 5.41) is 1.37. The molecule has 2 unspecified atom stereocenters. The Kier molecular flexibility index (Phi) is 15.6. The van der Waals surface area contributed by atoms with Crippen LogP contribution in [0.5, 0.6) is 0 Å². The molecule has 4 aromatic rings. The van der Waals surface area contributed by atoms with Crippen molar-refractivity contribution in [3.8, 4) is 0 Å². The van der Waals surface area contributed by atoms with Crippen molar-refractivity contribution in [1.82, 2.24) is 23.3 Å². The average Bonchev–Trinajstić information content (AvgIpc) is 3.47. The van der Waals surface area contributed by atoms with Gasteiger partial charge in [-0.1, -0.05) is 59.6 Å². The minimum Gasteiger partial charge on any atom is -0.330 e. The fourth-order valence-electron chi connectivity index (χ4n) is 9.89. The quantitative estimate of drug-likeness (QED) is 0.134. The van der Waals surface area contributed by atoms with Gasteiger partial charge in [0.2, 0.25) is 30.1 Å². The Morgan fingerprint density at radius 2 is 1.06 bits per heavy atom. The van der Waals surface area contributed by atoms with E-state index in [4.69, 9.17) is 38.9 Å². The first-order valence-corrected chi connectivity index (χ1v) is 28.2. The fourth-order valence-corrected chi connectivity index (χ4v) is 12.5. The lowest BCUT2D eigenvalue weighted by atomic mass is 9.76. The van der Waals surface area contributed by atoms with Crippen molar-refractivity contribution < 1.29 is 25.3 Å². The topological polar surface area (TPSA) is 173 Å². The minimum atomic E-state index is -3.23.